The maximum atomic E-state index is 14.4. The summed E-state index contributed by atoms with van der Waals surface area (Å²) < 4.78 is 28.6. The second kappa shape index (κ2) is 7.01. The Morgan fingerprint density at radius 1 is 0.947 bits per heavy atom. The Morgan fingerprint density at radius 2 is 1.63 bits per heavy atom. The fraction of sp³-hybridized carbons (Fsp3) is 1.00. The minimum atomic E-state index is -1.30. The molecule has 0 aromatic heterocycles. The molecule has 2 rings (SSSR count). The van der Waals surface area contributed by atoms with Crippen molar-refractivity contribution in [2.24, 2.45) is 23.7 Å². The van der Waals surface area contributed by atoms with Crippen LogP contribution in [0.15, 0.2) is 0 Å². The van der Waals surface area contributed by atoms with Crippen LogP contribution in [0, 0.1) is 23.7 Å². The smallest absolute Gasteiger partial charge is 0.134 e. The van der Waals surface area contributed by atoms with E-state index in [1.165, 1.54) is 12.8 Å². The number of halogens is 2. The Balaban J connectivity index is 1.87. The van der Waals surface area contributed by atoms with Crippen molar-refractivity contribution >= 4 is 0 Å². The van der Waals surface area contributed by atoms with Gasteiger partial charge in [-0.3, -0.25) is 0 Å². The molecule has 0 aromatic rings. The minimum Gasteiger partial charge on any atom is -0.396 e. The third-order valence-corrected chi connectivity index (χ3v) is 5.43. The highest BCUT2D eigenvalue weighted by Gasteiger charge is 2.43. The van der Waals surface area contributed by atoms with Gasteiger partial charge in [0.1, 0.15) is 12.3 Å². The van der Waals surface area contributed by atoms with Gasteiger partial charge in [-0.1, -0.05) is 19.8 Å². The highest BCUT2D eigenvalue weighted by molar-refractivity contribution is 4.92. The average Bonchev–Trinajstić information content (AvgIpc) is 2.42. The molecule has 19 heavy (non-hydrogen) atoms. The van der Waals surface area contributed by atoms with Gasteiger partial charge in [-0.05, 0) is 62.2 Å². The van der Waals surface area contributed by atoms with Gasteiger partial charge < -0.3 is 5.11 Å². The van der Waals surface area contributed by atoms with Crippen molar-refractivity contribution in [1.29, 1.82) is 0 Å². The molecule has 0 aromatic carbocycles. The first-order valence-electron chi connectivity index (χ1n) is 8.02. The average molecular weight is 274 g/mol. The predicted molar refractivity (Wildman–Crippen MR) is 73.4 cm³/mol. The van der Waals surface area contributed by atoms with Gasteiger partial charge >= 0.3 is 0 Å². The number of aliphatic hydroxyl groups excluding tert-OH is 1. The number of aliphatic hydroxyl groups is 1. The van der Waals surface area contributed by atoms with Crippen LogP contribution in [0.1, 0.15) is 58.3 Å². The van der Waals surface area contributed by atoms with Crippen LogP contribution in [0.3, 0.4) is 0 Å². The molecule has 3 heteroatoms. The molecule has 4 unspecified atom stereocenters. The quantitative estimate of drug-likeness (QED) is 0.811. The predicted octanol–water partition coefficient (Wildman–Crippen LogP) is 4.29. The van der Waals surface area contributed by atoms with E-state index in [0.717, 1.165) is 31.6 Å². The highest BCUT2D eigenvalue weighted by Crippen LogP contribution is 2.44. The molecule has 1 nitrogen and oxygen atoms in total. The topological polar surface area (TPSA) is 20.2 Å². The van der Waals surface area contributed by atoms with E-state index in [0.29, 0.717) is 18.8 Å². The fourth-order valence-corrected chi connectivity index (χ4v) is 4.09. The number of hydrogen-bond donors (Lipinski definition) is 1. The van der Waals surface area contributed by atoms with Crippen LogP contribution in [-0.4, -0.2) is 24.1 Å². The maximum Gasteiger partial charge on any atom is 0.134 e. The molecular weight excluding hydrogens is 246 g/mol. The molecule has 2 saturated carbocycles. The molecule has 112 valence electrons. The lowest BCUT2D eigenvalue weighted by Crippen LogP contribution is -2.42. The first-order chi connectivity index (χ1) is 9.13. The molecule has 2 fully saturated rings. The lowest BCUT2D eigenvalue weighted by molar-refractivity contribution is -0.0147. The first kappa shape index (κ1) is 15.2. The molecular formula is C16H28F2O. The number of rotatable bonds is 4. The summed E-state index contributed by atoms with van der Waals surface area (Å²) in [7, 11) is 0. The van der Waals surface area contributed by atoms with E-state index in [2.05, 4.69) is 6.92 Å². The number of hydrogen-bond acceptors (Lipinski definition) is 1. The largest absolute Gasteiger partial charge is 0.396 e. The summed E-state index contributed by atoms with van der Waals surface area (Å²) in [5.41, 5.74) is 0. The third kappa shape index (κ3) is 3.68. The monoisotopic (exact) mass is 274 g/mol. The summed E-state index contributed by atoms with van der Waals surface area (Å²) in [6.07, 6.45) is 4.84. The van der Waals surface area contributed by atoms with E-state index in [4.69, 9.17) is 5.11 Å². The molecule has 0 amide bonds. The summed E-state index contributed by atoms with van der Waals surface area (Å²) in [6, 6.07) is 0. The zero-order valence-corrected chi connectivity index (χ0v) is 12.0. The molecule has 2 aliphatic rings. The second-order valence-electron chi connectivity index (χ2n) is 6.78. The fourth-order valence-electron chi connectivity index (χ4n) is 4.09. The van der Waals surface area contributed by atoms with Gasteiger partial charge in [0.15, 0.2) is 0 Å². The Bertz CT molecular complexity index is 263. The van der Waals surface area contributed by atoms with Gasteiger partial charge in [0.05, 0.1) is 0 Å². The SMILES string of the molecule is CC1CCC(C2CCC(CCCO)C(F)C2F)CC1. The van der Waals surface area contributed by atoms with Gasteiger partial charge in [0.25, 0.3) is 0 Å². The standard InChI is InChI=1S/C16H28F2O/c1-11-4-6-12(7-5-11)14-9-8-13(3-2-10-19)15(17)16(14)18/h11-16,19H,2-10H2,1H3. The number of alkyl halides is 2. The third-order valence-electron chi connectivity index (χ3n) is 5.43. The van der Waals surface area contributed by atoms with Crippen LogP contribution < -0.4 is 0 Å². The van der Waals surface area contributed by atoms with E-state index in [-0.39, 0.29) is 18.4 Å². The lowest BCUT2D eigenvalue weighted by Gasteiger charge is -2.41. The first-order valence-corrected chi connectivity index (χ1v) is 8.02. The zero-order chi connectivity index (χ0) is 13.8. The highest BCUT2D eigenvalue weighted by atomic mass is 19.2. The minimum absolute atomic E-state index is 0.0483. The Kier molecular flexibility index (Phi) is 5.61. The van der Waals surface area contributed by atoms with Crippen molar-refractivity contribution in [2.75, 3.05) is 6.61 Å². The van der Waals surface area contributed by atoms with Crippen LogP contribution in [-0.2, 0) is 0 Å². The lowest BCUT2D eigenvalue weighted by atomic mass is 9.67. The Morgan fingerprint density at radius 3 is 2.26 bits per heavy atom. The summed E-state index contributed by atoms with van der Waals surface area (Å²) in [4.78, 5) is 0. The van der Waals surface area contributed by atoms with Crippen molar-refractivity contribution in [3.8, 4) is 0 Å². The van der Waals surface area contributed by atoms with Crippen molar-refractivity contribution in [2.45, 2.75) is 70.6 Å². The second-order valence-corrected chi connectivity index (χ2v) is 6.78. The van der Waals surface area contributed by atoms with Gasteiger partial charge in [0.2, 0.25) is 0 Å². The van der Waals surface area contributed by atoms with Crippen molar-refractivity contribution < 1.29 is 13.9 Å². The summed E-state index contributed by atoms with van der Waals surface area (Å²) in [5.74, 6) is 0.952. The van der Waals surface area contributed by atoms with E-state index in [9.17, 15) is 8.78 Å². The Hall–Kier alpha value is -0.180. The van der Waals surface area contributed by atoms with Crippen LogP contribution in [0.5, 0.6) is 0 Å². The molecule has 0 bridgehead atoms. The molecule has 0 aliphatic heterocycles. The van der Waals surface area contributed by atoms with Crippen LogP contribution in [0.4, 0.5) is 8.78 Å². The Labute approximate surface area is 115 Å². The van der Waals surface area contributed by atoms with Gasteiger partial charge in [-0.15, -0.1) is 0 Å². The molecule has 4 atom stereocenters. The van der Waals surface area contributed by atoms with E-state index in [1.807, 2.05) is 0 Å². The molecule has 0 saturated heterocycles. The van der Waals surface area contributed by atoms with Crippen molar-refractivity contribution in [1.82, 2.24) is 0 Å². The van der Waals surface area contributed by atoms with Gasteiger partial charge in [0, 0.05) is 6.61 Å². The van der Waals surface area contributed by atoms with Crippen LogP contribution in [0.2, 0.25) is 0 Å². The van der Waals surface area contributed by atoms with Crippen molar-refractivity contribution in [3.63, 3.8) is 0 Å². The van der Waals surface area contributed by atoms with Crippen LogP contribution >= 0.6 is 0 Å². The zero-order valence-electron chi connectivity index (χ0n) is 12.0. The van der Waals surface area contributed by atoms with Gasteiger partial charge in [-0.2, -0.15) is 0 Å². The molecule has 0 radical (unpaired) electrons. The van der Waals surface area contributed by atoms with E-state index >= 15 is 0 Å². The van der Waals surface area contributed by atoms with Crippen molar-refractivity contribution in [3.05, 3.63) is 0 Å². The maximum absolute atomic E-state index is 14.4. The molecule has 0 spiro atoms. The molecule has 0 heterocycles. The summed E-state index contributed by atoms with van der Waals surface area (Å²) in [6.45, 7) is 2.34. The summed E-state index contributed by atoms with van der Waals surface area (Å²) >= 11 is 0. The van der Waals surface area contributed by atoms with Gasteiger partial charge in [-0.25, -0.2) is 8.78 Å². The molecule has 1 N–H and O–H groups in total. The van der Waals surface area contributed by atoms with E-state index < -0.39 is 12.3 Å². The van der Waals surface area contributed by atoms with E-state index in [1.54, 1.807) is 0 Å². The normalized spacial score (nSPS) is 44.2. The van der Waals surface area contributed by atoms with Crippen LogP contribution in [0.25, 0.3) is 0 Å². The molecule has 2 aliphatic carbocycles. The summed E-state index contributed by atoms with van der Waals surface area (Å²) in [5, 5.41) is 8.81.